The summed E-state index contributed by atoms with van der Waals surface area (Å²) in [6.45, 7) is 17.1. The topological polar surface area (TPSA) is 98.7 Å². The van der Waals surface area contributed by atoms with E-state index in [1.807, 2.05) is 85.7 Å². The lowest BCUT2D eigenvalue weighted by molar-refractivity contribution is -0.140. The van der Waals surface area contributed by atoms with Gasteiger partial charge in [0.1, 0.15) is 6.04 Å². The van der Waals surface area contributed by atoms with Crippen molar-refractivity contribution in [3.63, 3.8) is 0 Å². The maximum absolute atomic E-state index is 13.6. The molecule has 0 fully saturated rings. The molecule has 4 unspecified atom stereocenters. The number of carboxylic acid groups (broad SMARTS) is 1. The molecule has 0 bridgehead atoms. The molecule has 0 saturated carbocycles. The molecule has 0 saturated heterocycles. The van der Waals surface area contributed by atoms with Crippen LogP contribution in [-0.2, 0) is 14.4 Å². The van der Waals surface area contributed by atoms with Crippen molar-refractivity contribution in [1.29, 1.82) is 0 Å². The summed E-state index contributed by atoms with van der Waals surface area (Å²) in [7, 11) is 3.39. The van der Waals surface area contributed by atoms with Crippen molar-refractivity contribution in [2.24, 2.45) is 11.3 Å². The number of hydrogen-bond acceptors (Lipinski definition) is 4. The number of carboxylic acids is 1. The van der Waals surface area contributed by atoms with Gasteiger partial charge >= 0.3 is 5.97 Å². The normalized spacial score (nSPS) is 15.3. The van der Waals surface area contributed by atoms with Crippen LogP contribution in [0.25, 0.3) is 0 Å². The summed E-state index contributed by atoms with van der Waals surface area (Å²) in [6, 6.07) is 8.04. The first-order valence-electron chi connectivity index (χ1n) is 12.4. The van der Waals surface area contributed by atoms with Crippen LogP contribution in [0, 0.1) is 11.3 Å². The zero-order valence-electron chi connectivity index (χ0n) is 23.5. The molecule has 0 radical (unpaired) electrons. The van der Waals surface area contributed by atoms with E-state index >= 15 is 0 Å². The lowest BCUT2D eigenvalue weighted by atomic mass is 9.84. The highest BCUT2D eigenvalue weighted by Gasteiger charge is 2.38. The SMILES string of the molecule is CC.CNC(C(=O)NC(C(=O)N(C)C(/C=C(\C)C(=O)O)C(C)C)C(C)(C)C)C(C)c1ccccc1. The van der Waals surface area contributed by atoms with Crippen molar-refractivity contribution >= 4 is 17.8 Å². The zero-order chi connectivity index (χ0) is 27.5. The lowest BCUT2D eigenvalue weighted by Gasteiger charge is -2.38. The number of rotatable bonds is 10. The van der Waals surface area contributed by atoms with Gasteiger partial charge in [0.25, 0.3) is 0 Å². The Bertz CT molecular complexity index is 844. The second kappa shape index (κ2) is 14.7. The molecule has 3 N–H and O–H groups in total. The van der Waals surface area contributed by atoms with E-state index < -0.39 is 29.5 Å². The van der Waals surface area contributed by atoms with Crippen LogP contribution in [0.15, 0.2) is 42.0 Å². The van der Waals surface area contributed by atoms with Gasteiger partial charge < -0.3 is 20.6 Å². The van der Waals surface area contributed by atoms with Crippen LogP contribution < -0.4 is 10.6 Å². The summed E-state index contributed by atoms with van der Waals surface area (Å²) >= 11 is 0. The van der Waals surface area contributed by atoms with Gasteiger partial charge in [0, 0.05) is 18.5 Å². The fourth-order valence-electron chi connectivity index (χ4n) is 3.87. The number of nitrogens with zero attached hydrogens (tertiary/aromatic N) is 1. The average Bonchev–Trinajstić information content (AvgIpc) is 2.81. The molecule has 7 nitrogen and oxygen atoms in total. The molecule has 0 aliphatic heterocycles. The molecule has 0 aromatic heterocycles. The second-order valence-corrected chi connectivity index (χ2v) is 10.1. The average molecular weight is 490 g/mol. The summed E-state index contributed by atoms with van der Waals surface area (Å²) in [6.07, 6.45) is 1.60. The van der Waals surface area contributed by atoms with Crippen molar-refractivity contribution in [2.45, 2.75) is 86.4 Å². The van der Waals surface area contributed by atoms with E-state index in [4.69, 9.17) is 0 Å². The maximum atomic E-state index is 13.6. The summed E-state index contributed by atoms with van der Waals surface area (Å²) in [4.78, 5) is 39.8. The molecule has 0 spiro atoms. The standard InChI is InChI=1S/C26H41N3O4.C2H6/c1-16(2)20(15-17(3)25(32)33)29(9)24(31)22(26(5,6)7)28-23(30)21(27-8)18(4)19-13-11-10-12-14-19;1-2/h10-16,18,20-22,27H,1-9H3,(H,28,30)(H,32,33);1-2H3/b17-15+;. The Morgan fingerprint density at radius 2 is 1.54 bits per heavy atom. The first kappa shape index (κ1) is 32.3. The Balaban J connectivity index is 0.00000562. The van der Waals surface area contributed by atoms with Gasteiger partial charge in [-0.15, -0.1) is 0 Å². The number of benzene rings is 1. The van der Waals surface area contributed by atoms with Crippen molar-refractivity contribution in [2.75, 3.05) is 14.1 Å². The third-order valence-electron chi connectivity index (χ3n) is 6.05. The van der Waals surface area contributed by atoms with Gasteiger partial charge in [-0.1, -0.05) is 91.8 Å². The number of amides is 2. The van der Waals surface area contributed by atoms with Crippen molar-refractivity contribution in [1.82, 2.24) is 15.5 Å². The Labute approximate surface area is 212 Å². The highest BCUT2D eigenvalue weighted by Crippen LogP contribution is 2.25. The monoisotopic (exact) mass is 489 g/mol. The Morgan fingerprint density at radius 3 is 1.94 bits per heavy atom. The fourth-order valence-corrected chi connectivity index (χ4v) is 3.87. The number of carbonyl (C=O) groups is 3. The highest BCUT2D eigenvalue weighted by atomic mass is 16.4. The maximum Gasteiger partial charge on any atom is 0.331 e. The van der Waals surface area contributed by atoms with Crippen molar-refractivity contribution < 1.29 is 19.5 Å². The number of aliphatic carboxylic acids is 1. The molecule has 0 heterocycles. The molecule has 7 heteroatoms. The van der Waals surface area contributed by atoms with Crippen LogP contribution in [0.1, 0.15) is 73.8 Å². The molecule has 0 aliphatic rings. The van der Waals surface area contributed by atoms with Gasteiger partial charge in [-0.25, -0.2) is 4.79 Å². The van der Waals surface area contributed by atoms with E-state index in [0.717, 1.165) is 5.56 Å². The quantitative estimate of drug-likeness (QED) is 0.422. The molecule has 0 aliphatic carbocycles. The number of likely N-dealkylation sites (N-methyl/N-ethyl adjacent to an activating group) is 2. The minimum Gasteiger partial charge on any atom is -0.478 e. The van der Waals surface area contributed by atoms with Crippen LogP contribution >= 0.6 is 0 Å². The molecule has 1 rings (SSSR count). The van der Waals surface area contributed by atoms with E-state index in [9.17, 15) is 19.5 Å². The minimum absolute atomic E-state index is 0.00673. The zero-order valence-corrected chi connectivity index (χ0v) is 23.5. The molecule has 1 aromatic carbocycles. The molecule has 2 amide bonds. The second-order valence-electron chi connectivity index (χ2n) is 10.1. The Morgan fingerprint density at radius 1 is 1.03 bits per heavy atom. The number of hydrogen-bond donors (Lipinski definition) is 3. The fraction of sp³-hybridized carbons (Fsp3) is 0.607. The molecule has 1 aromatic rings. The van der Waals surface area contributed by atoms with Crippen LogP contribution in [0.4, 0.5) is 0 Å². The molecular formula is C28H47N3O4. The first-order valence-corrected chi connectivity index (χ1v) is 12.4. The van der Waals surface area contributed by atoms with E-state index in [-0.39, 0.29) is 29.2 Å². The van der Waals surface area contributed by atoms with E-state index in [0.29, 0.717) is 0 Å². The smallest absolute Gasteiger partial charge is 0.331 e. The lowest BCUT2D eigenvalue weighted by Crippen LogP contribution is -2.59. The number of nitrogens with one attached hydrogen (secondary N) is 2. The third-order valence-corrected chi connectivity index (χ3v) is 6.05. The molecule has 198 valence electrons. The molecule has 4 atom stereocenters. The van der Waals surface area contributed by atoms with Gasteiger partial charge in [0.15, 0.2) is 0 Å². The van der Waals surface area contributed by atoms with Crippen LogP contribution in [0.5, 0.6) is 0 Å². The summed E-state index contributed by atoms with van der Waals surface area (Å²) in [5.41, 5.74) is 0.649. The van der Waals surface area contributed by atoms with Gasteiger partial charge in [-0.3, -0.25) is 9.59 Å². The predicted octanol–water partition coefficient (Wildman–Crippen LogP) is 4.45. The van der Waals surface area contributed by atoms with Crippen LogP contribution in [-0.4, -0.2) is 60.0 Å². The predicted molar refractivity (Wildman–Crippen MR) is 143 cm³/mol. The Kier molecular flexibility index (Phi) is 13.5. The van der Waals surface area contributed by atoms with Crippen LogP contribution in [0.3, 0.4) is 0 Å². The largest absolute Gasteiger partial charge is 0.478 e. The van der Waals surface area contributed by atoms with Crippen molar-refractivity contribution in [3.8, 4) is 0 Å². The van der Waals surface area contributed by atoms with Crippen molar-refractivity contribution in [3.05, 3.63) is 47.5 Å². The van der Waals surface area contributed by atoms with Gasteiger partial charge in [0.2, 0.25) is 11.8 Å². The summed E-state index contributed by atoms with van der Waals surface area (Å²) in [5, 5.41) is 15.4. The number of carbonyl (C=O) groups excluding carboxylic acids is 2. The Hall–Kier alpha value is -2.67. The van der Waals surface area contributed by atoms with E-state index in [1.54, 1.807) is 25.1 Å². The first-order chi connectivity index (χ1) is 16.2. The van der Waals surface area contributed by atoms with Gasteiger partial charge in [-0.05, 0) is 30.9 Å². The summed E-state index contributed by atoms with van der Waals surface area (Å²) < 4.78 is 0. The summed E-state index contributed by atoms with van der Waals surface area (Å²) in [5.74, 6) is -1.64. The highest BCUT2D eigenvalue weighted by molar-refractivity contribution is 5.91. The molecular weight excluding hydrogens is 442 g/mol. The van der Waals surface area contributed by atoms with E-state index in [1.165, 1.54) is 6.92 Å². The van der Waals surface area contributed by atoms with E-state index in [2.05, 4.69) is 10.6 Å². The van der Waals surface area contributed by atoms with Gasteiger partial charge in [0.05, 0.1) is 12.1 Å². The third kappa shape index (κ3) is 9.48. The van der Waals surface area contributed by atoms with Crippen LogP contribution in [0.2, 0.25) is 0 Å². The molecule has 35 heavy (non-hydrogen) atoms. The minimum atomic E-state index is -1.02. The van der Waals surface area contributed by atoms with Gasteiger partial charge in [-0.2, -0.15) is 0 Å².